The first-order valence-electron chi connectivity index (χ1n) is 30.8. The molecule has 32 heteroatoms. The van der Waals surface area contributed by atoms with Crippen LogP contribution in [0.15, 0.2) is 65.7 Å². The van der Waals surface area contributed by atoms with E-state index >= 15 is 0 Å². The Labute approximate surface area is 537 Å². The zero-order valence-electron chi connectivity index (χ0n) is 52.2. The van der Waals surface area contributed by atoms with Gasteiger partial charge in [-0.15, -0.1) is 0 Å². The number of phenolic OH excluding ortho intramolecular Hbond substituents is 1. The topological polar surface area (TPSA) is 423 Å². The van der Waals surface area contributed by atoms with E-state index in [-0.39, 0.29) is 168 Å². The van der Waals surface area contributed by atoms with Crippen LogP contribution < -0.4 is 47.7 Å². The Hall–Kier alpha value is -8.66. The predicted octanol–water partition coefficient (Wildman–Crippen LogP) is -1.18. The van der Waals surface area contributed by atoms with E-state index in [1.807, 2.05) is 29.2 Å². The molecular weight excluding hydrogens is 1220 g/mol. The second kappa shape index (κ2) is 39.7. The molecule has 0 saturated carbocycles. The van der Waals surface area contributed by atoms with E-state index in [4.69, 9.17) is 10.5 Å². The molecule has 1 saturated heterocycles. The molecule has 5 rings (SSSR count). The van der Waals surface area contributed by atoms with E-state index in [0.717, 1.165) is 11.1 Å². The van der Waals surface area contributed by atoms with Gasteiger partial charge in [-0.3, -0.25) is 73.2 Å². The summed E-state index contributed by atoms with van der Waals surface area (Å²) in [4.78, 5) is 126. The smallest absolute Gasteiger partial charge is 0.321 e. The molecule has 0 spiro atoms. The first-order chi connectivity index (χ1) is 44.4. The number of aromatic hydroxyl groups is 1. The number of fused-ring (bicyclic) bond motifs is 1. The van der Waals surface area contributed by atoms with Gasteiger partial charge in [0.2, 0.25) is 29.5 Å². The lowest BCUT2D eigenvalue weighted by Crippen LogP contribution is -2.50. The lowest BCUT2D eigenvalue weighted by Gasteiger charge is -2.32. The lowest BCUT2D eigenvalue weighted by molar-refractivity contribution is -0.140. The van der Waals surface area contributed by atoms with E-state index in [2.05, 4.69) is 42.2 Å². The molecule has 0 aliphatic carbocycles. The standard InChI is InChI=1S/C61H88F2N14O16/c1-2-51(81)67-18-19-69-61(92)72-60(64)68-15-5-9-50(58(90)70-33-47-48(62)30-45(80)31-49(47)63)71-59(91)57(77-34-41-7-3-4-8-42(41)35-77)40-10-12-46(13-11-40)93-28-6-16-65-52(82)32-44(79)29-43(78)14-17-66-53(83)36-73-20-22-74(37-54(84)85)24-26-76(39-56(88)89)27-25-75(23-21-73)38-55(86)87/h3-4,7-8,10-13,30-31,43-44,50,57,78-80H,2,5-6,9,14-29,32-39H2,1H3,(H,65,82)(H,66,83)(H,67,81)(H,70,90)(H,71,91)(H,84,85)(H,86,87)(H,88,89)(H4,64,68,69,72,92)/t43-,44-,50-,57+/m1/s1. The first kappa shape index (κ1) is 75.1. The number of benzene rings is 3. The minimum atomic E-state index is -1.28. The Morgan fingerprint density at radius 2 is 1.15 bits per heavy atom. The van der Waals surface area contributed by atoms with Gasteiger partial charge in [0.1, 0.15) is 35.2 Å². The number of hydrogen-bond donors (Lipinski definition) is 14. The van der Waals surface area contributed by atoms with Crippen LogP contribution in [0.4, 0.5) is 13.6 Å². The molecule has 4 atom stereocenters. The van der Waals surface area contributed by atoms with Crippen molar-refractivity contribution in [1.82, 2.24) is 61.7 Å². The van der Waals surface area contributed by atoms with Crippen molar-refractivity contribution in [3.8, 4) is 11.5 Å². The molecule has 93 heavy (non-hydrogen) atoms. The normalized spacial score (nSPS) is 16.0. The molecular formula is C61H88F2N14O16. The summed E-state index contributed by atoms with van der Waals surface area (Å²) in [7, 11) is 0. The van der Waals surface area contributed by atoms with Crippen LogP contribution >= 0.6 is 0 Å². The molecule has 0 bridgehead atoms. The number of aliphatic carboxylic acids is 3. The largest absolute Gasteiger partial charge is 0.508 e. The molecule has 512 valence electrons. The van der Waals surface area contributed by atoms with Crippen LogP contribution in [0.5, 0.6) is 11.5 Å². The third-order valence-electron chi connectivity index (χ3n) is 15.2. The SMILES string of the molecule is CCC(=O)NCCNC(=O)NC(N)=NCCC[C@@H](NC(=O)[C@H](c1ccc(OCCCNC(=O)C[C@H](O)C[C@H](O)CCNC(=O)CN2CCN(CC(=O)O)CCN(CC(=O)O)CCN(CC(=O)O)CC2)cc1)N1Cc2ccccc2C1)C(=O)NCc1c(F)cc(O)cc1F. The fourth-order valence-electron chi connectivity index (χ4n) is 10.3. The maximum absolute atomic E-state index is 14.7. The average Bonchev–Trinajstić information content (AvgIpc) is 1.71. The predicted molar refractivity (Wildman–Crippen MR) is 333 cm³/mol. The first-order valence-corrected chi connectivity index (χ1v) is 30.8. The van der Waals surface area contributed by atoms with Gasteiger partial charge in [0, 0.05) is 129 Å². The van der Waals surface area contributed by atoms with E-state index in [0.29, 0.717) is 43.0 Å². The zero-order chi connectivity index (χ0) is 67.8. The number of hydrogen-bond acceptors (Lipinski definition) is 19. The van der Waals surface area contributed by atoms with Gasteiger partial charge in [-0.1, -0.05) is 43.3 Å². The highest BCUT2D eigenvalue weighted by molar-refractivity contribution is 5.95. The second-order valence-electron chi connectivity index (χ2n) is 22.5. The maximum atomic E-state index is 14.7. The van der Waals surface area contributed by atoms with Gasteiger partial charge in [0.05, 0.1) is 51.4 Å². The van der Waals surface area contributed by atoms with E-state index in [1.165, 1.54) is 0 Å². The van der Waals surface area contributed by atoms with Crippen LogP contribution in [0, 0.1) is 11.6 Å². The summed E-state index contributed by atoms with van der Waals surface area (Å²) >= 11 is 0. The highest BCUT2D eigenvalue weighted by atomic mass is 19.1. The Balaban J connectivity index is 1.10. The number of carbonyl (C=O) groups excluding carboxylic acids is 6. The van der Waals surface area contributed by atoms with E-state index in [1.54, 1.807) is 50.8 Å². The molecule has 3 aromatic rings. The maximum Gasteiger partial charge on any atom is 0.321 e. The third kappa shape index (κ3) is 28.4. The molecule has 7 amide bonds. The number of guanidine groups is 1. The van der Waals surface area contributed by atoms with Crippen molar-refractivity contribution < 1.29 is 87.3 Å². The van der Waals surface area contributed by atoms with E-state index in [9.17, 15) is 82.6 Å². The molecule has 0 radical (unpaired) electrons. The number of nitrogens with two attached hydrogens (primary N) is 1. The molecule has 0 aromatic heterocycles. The van der Waals surface area contributed by atoms with Crippen LogP contribution in [0.25, 0.3) is 0 Å². The summed E-state index contributed by atoms with van der Waals surface area (Å²) in [5, 5.41) is 77.6. The number of rotatable bonds is 35. The number of aliphatic hydroxyl groups excluding tert-OH is 2. The third-order valence-corrected chi connectivity index (χ3v) is 15.2. The van der Waals surface area contributed by atoms with Crippen LogP contribution in [-0.2, 0) is 58.0 Å². The number of carboxylic acid groups (broad SMARTS) is 3. The van der Waals surface area contributed by atoms with Gasteiger partial charge < -0.3 is 73.0 Å². The fraction of sp³-hybridized carbons (Fsp3) is 0.541. The lowest BCUT2D eigenvalue weighted by atomic mass is 10.0. The van der Waals surface area contributed by atoms with Gasteiger partial charge in [-0.2, -0.15) is 0 Å². The highest BCUT2D eigenvalue weighted by Crippen LogP contribution is 2.33. The van der Waals surface area contributed by atoms with Crippen molar-refractivity contribution in [3.63, 3.8) is 0 Å². The van der Waals surface area contributed by atoms with Crippen LogP contribution in [0.2, 0.25) is 0 Å². The summed E-state index contributed by atoms with van der Waals surface area (Å²) in [6.45, 7) is 3.25. The van der Waals surface area contributed by atoms with Crippen LogP contribution in [0.3, 0.4) is 0 Å². The van der Waals surface area contributed by atoms with Crippen molar-refractivity contribution >= 4 is 59.4 Å². The number of ether oxygens (including phenoxy) is 1. The highest BCUT2D eigenvalue weighted by Gasteiger charge is 2.35. The van der Waals surface area contributed by atoms with Crippen molar-refractivity contribution in [2.45, 2.75) is 95.8 Å². The minimum Gasteiger partial charge on any atom is -0.508 e. The Bertz CT molecular complexity index is 2930. The molecule has 1 fully saturated rings. The number of carbonyl (C=O) groups is 9. The number of phenols is 1. The molecule has 15 N–H and O–H groups in total. The second-order valence-corrected chi connectivity index (χ2v) is 22.5. The summed E-state index contributed by atoms with van der Waals surface area (Å²) < 4.78 is 35.4. The van der Waals surface area contributed by atoms with E-state index < -0.39 is 101 Å². The van der Waals surface area contributed by atoms with Crippen molar-refractivity contribution in [1.29, 1.82) is 0 Å². The zero-order valence-corrected chi connectivity index (χ0v) is 52.2. The quantitative estimate of drug-likeness (QED) is 0.0187. The molecule has 2 aliphatic heterocycles. The van der Waals surface area contributed by atoms with Crippen LogP contribution in [-0.4, -0.2) is 251 Å². The number of aliphatic hydroxyl groups is 2. The summed E-state index contributed by atoms with van der Waals surface area (Å²) in [6.07, 6.45) is -1.98. The number of amides is 7. The van der Waals surface area contributed by atoms with Gasteiger partial charge >= 0.3 is 23.9 Å². The van der Waals surface area contributed by atoms with Gasteiger partial charge in [-0.25, -0.2) is 13.6 Å². The van der Waals surface area contributed by atoms with Crippen molar-refractivity contribution in [2.24, 2.45) is 10.7 Å². The van der Waals surface area contributed by atoms with Crippen LogP contribution in [0.1, 0.15) is 80.2 Å². The molecule has 2 heterocycles. The summed E-state index contributed by atoms with van der Waals surface area (Å²) in [6, 6.07) is 12.9. The minimum absolute atomic E-state index is 0.0187. The van der Waals surface area contributed by atoms with Gasteiger partial charge in [0.15, 0.2) is 5.96 Å². The fourth-order valence-corrected chi connectivity index (χ4v) is 10.3. The Morgan fingerprint density at radius 1 is 0.624 bits per heavy atom. The number of nitrogens with one attached hydrogen (secondary N) is 7. The van der Waals surface area contributed by atoms with Crippen molar-refractivity contribution in [3.05, 3.63) is 94.6 Å². The number of aliphatic imine (C=N–C) groups is 1. The Morgan fingerprint density at radius 3 is 1.70 bits per heavy atom. The average molecular weight is 1310 g/mol. The number of nitrogens with zero attached hydrogens (tertiary/aromatic N) is 6. The Kier molecular flexibility index (Phi) is 32.0. The number of carboxylic acids is 3. The molecule has 30 nitrogen and oxygen atoms in total. The number of halogens is 2. The monoisotopic (exact) mass is 1310 g/mol. The van der Waals surface area contributed by atoms with Gasteiger partial charge in [-0.05, 0) is 60.9 Å². The summed E-state index contributed by atoms with van der Waals surface area (Å²) in [5.74, 6) is -8.32. The molecule has 2 aliphatic rings. The number of urea groups is 1. The summed E-state index contributed by atoms with van der Waals surface area (Å²) in [5.41, 5.74) is 7.90. The van der Waals surface area contributed by atoms with Crippen molar-refractivity contribution in [2.75, 3.05) is 118 Å². The van der Waals surface area contributed by atoms with Gasteiger partial charge in [0.25, 0.3) is 0 Å². The molecule has 0 unspecified atom stereocenters. The molecule has 3 aromatic carbocycles.